The standard InChI is InChI=1S/C22H29F3N2O3.C17H21F3N2O/c1-14-6-8-16(9-7-14)17-13-26(18(28)21(10-11-21)22(23,24)25)15(2)12-27(17)19(29)30-20(3,4)5;1-11-3-5-13(6-4-11)14-10-22(12(2)9-21-14)15(23)16(7-8-16)17(18,19)20/h6-9,15,17H,10-13H2,1-5H3;3-6,12,14,21H,7-10H2,1-2H3/t15-,17-;12-,14?/m11/s1. The lowest BCUT2D eigenvalue weighted by molar-refractivity contribution is -0.202. The number of halogens is 6. The summed E-state index contributed by atoms with van der Waals surface area (Å²) >= 11 is 0. The van der Waals surface area contributed by atoms with E-state index in [1.807, 2.05) is 62.4 Å². The Morgan fingerprint density at radius 2 is 1.09 bits per heavy atom. The molecule has 53 heavy (non-hydrogen) atoms. The smallest absolute Gasteiger partial charge is 0.410 e. The summed E-state index contributed by atoms with van der Waals surface area (Å²) in [6.45, 7) is 13.5. The largest absolute Gasteiger partial charge is 0.444 e. The van der Waals surface area contributed by atoms with E-state index < -0.39 is 58.8 Å². The van der Waals surface area contributed by atoms with Gasteiger partial charge in [0.1, 0.15) is 16.4 Å². The van der Waals surface area contributed by atoms with Crippen LogP contribution in [-0.2, 0) is 14.3 Å². The van der Waals surface area contributed by atoms with E-state index in [0.29, 0.717) is 6.54 Å². The van der Waals surface area contributed by atoms with Crippen molar-refractivity contribution in [2.24, 2.45) is 10.8 Å². The van der Waals surface area contributed by atoms with Crippen LogP contribution < -0.4 is 5.32 Å². The average molecular weight is 753 g/mol. The molecule has 14 heteroatoms. The molecule has 4 aliphatic rings. The van der Waals surface area contributed by atoms with Crippen molar-refractivity contribution in [1.82, 2.24) is 20.0 Å². The van der Waals surface area contributed by atoms with Crippen molar-refractivity contribution in [3.8, 4) is 0 Å². The average Bonchev–Trinajstić information content (AvgIpc) is 3.98. The maximum Gasteiger partial charge on any atom is 0.410 e. The van der Waals surface area contributed by atoms with Gasteiger partial charge in [-0.15, -0.1) is 0 Å². The van der Waals surface area contributed by atoms with Crippen LogP contribution in [0.3, 0.4) is 0 Å². The Hall–Kier alpha value is -3.81. The Kier molecular flexibility index (Phi) is 11.0. The van der Waals surface area contributed by atoms with Crippen molar-refractivity contribution in [2.75, 3.05) is 26.2 Å². The van der Waals surface area contributed by atoms with E-state index in [4.69, 9.17) is 4.74 Å². The van der Waals surface area contributed by atoms with Gasteiger partial charge in [-0.2, -0.15) is 26.3 Å². The van der Waals surface area contributed by atoms with E-state index in [2.05, 4.69) is 5.32 Å². The molecule has 2 aliphatic heterocycles. The van der Waals surface area contributed by atoms with Gasteiger partial charge in [0.15, 0.2) is 0 Å². The Labute approximate surface area is 307 Å². The fraction of sp³-hybridized carbons (Fsp3) is 0.615. The summed E-state index contributed by atoms with van der Waals surface area (Å²) in [6, 6.07) is 13.8. The number of carbonyl (C=O) groups excluding carboxylic acids is 3. The van der Waals surface area contributed by atoms with Gasteiger partial charge < -0.3 is 19.9 Å². The van der Waals surface area contributed by atoms with Crippen LogP contribution in [0.1, 0.15) is 94.6 Å². The number of carbonyl (C=O) groups is 3. The third-order valence-electron chi connectivity index (χ3n) is 10.8. The molecule has 0 spiro atoms. The molecular weight excluding hydrogens is 702 g/mol. The van der Waals surface area contributed by atoms with Crippen LogP contribution in [-0.4, -0.2) is 88.8 Å². The van der Waals surface area contributed by atoms with Crippen molar-refractivity contribution < 1.29 is 45.5 Å². The number of hydrogen-bond donors (Lipinski definition) is 1. The zero-order chi connectivity index (χ0) is 39.3. The highest BCUT2D eigenvalue weighted by molar-refractivity contribution is 5.87. The summed E-state index contributed by atoms with van der Waals surface area (Å²) in [7, 11) is 0. The summed E-state index contributed by atoms with van der Waals surface area (Å²) < 4.78 is 85.9. The van der Waals surface area contributed by atoms with Gasteiger partial charge in [-0.3, -0.25) is 14.5 Å². The number of alkyl halides is 6. The minimum Gasteiger partial charge on any atom is -0.444 e. The molecule has 4 atom stereocenters. The zero-order valence-corrected chi connectivity index (χ0v) is 31.3. The molecule has 3 amide bonds. The number of amides is 3. The Morgan fingerprint density at radius 3 is 1.51 bits per heavy atom. The topological polar surface area (TPSA) is 82.2 Å². The predicted octanol–water partition coefficient (Wildman–Crippen LogP) is 8.05. The molecule has 0 radical (unpaired) electrons. The minimum atomic E-state index is -4.56. The Morgan fingerprint density at radius 1 is 0.660 bits per heavy atom. The number of nitrogens with one attached hydrogen (secondary N) is 1. The first-order valence-electron chi connectivity index (χ1n) is 18.1. The molecule has 0 bridgehead atoms. The van der Waals surface area contributed by atoms with Gasteiger partial charge in [-0.1, -0.05) is 59.7 Å². The number of hydrogen-bond acceptors (Lipinski definition) is 5. The van der Waals surface area contributed by atoms with Crippen molar-refractivity contribution in [3.63, 3.8) is 0 Å². The summed E-state index contributed by atoms with van der Waals surface area (Å²) in [6.07, 6.45) is -10.1. The molecule has 2 saturated carbocycles. The van der Waals surface area contributed by atoms with Crippen molar-refractivity contribution in [3.05, 3.63) is 70.8 Å². The third kappa shape index (κ3) is 8.47. The predicted molar refractivity (Wildman–Crippen MR) is 187 cm³/mol. The molecule has 1 N–H and O–H groups in total. The molecule has 2 saturated heterocycles. The first-order chi connectivity index (χ1) is 24.5. The lowest BCUT2D eigenvalue weighted by Gasteiger charge is -2.46. The van der Waals surface area contributed by atoms with Crippen LogP contribution in [0.5, 0.6) is 0 Å². The van der Waals surface area contributed by atoms with Crippen LogP contribution in [0.25, 0.3) is 0 Å². The lowest BCUT2D eigenvalue weighted by Crippen LogP contribution is -2.59. The number of benzene rings is 2. The van der Waals surface area contributed by atoms with Crippen molar-refractivity contribution in [2.45, 2.75) is 116 Å². The van der Waals surface area contributed by atoms with E-state index in [1.54, 1.807) is 34.6 Å². The number of nitrogens with zero attached hydrogens (tertiary/aromatic N) is 3. The van der Waals surface area contributed by atoms with Gasteiger partial charge in [0, 0.05) is 44.3 Å². The summed E-state index contributed by atoms with van der Waals surface area (Å²) in [4.78, 5) is 42.6. The first-order valence-corrected chi connectivity index (χ1v) is 18.1. The van der Waals surface area contributed by atoms with E-state index >= 15 is 0 Å². The second-order valence-corrected chi connectivity index (χ2v) is 16.2. The van der Waals surface area contributed by atoms with E-state index in [9.17, 15) is 40.7 Å². The van der Waals surface area contributed by atoms with Gasteiger partial charge in [0.2, 0.25) is 11.8 Å². The maximum absolute atomic E-state index is 13.6. The zero-order valence-electron chi connectivity index (χ0n) is 31.3. The molecule has 2 heterocycles. The van der Waals surface area contributed by atoms with Crippen LogP contribution in [0, 0.1) is 24.7 Å². The van der Waals surface area contributed by atoms with Gasteiger partial charge in [-0.05, 0) is 85.3 Å². The molecule has 1 unspecified atom stereocenters. The normalized spacial score (nSPS) is 25.2. The van der Waals surface area contributed by atoms with Gasteiger partial charge in [0.25, 0.3) is 0 Å². The number of ether oxygens (including phenoxy) is 1. The number of piperazine rings is 2. The van der Waals surface area contributed by atoms with Gasteiger partial charge >= 0.3 is 18.4 Å². The molecule has 292 valence electrons. The highest BCUT2D eigenvalue weighted by atomic mass is 19.4. The van der Waals surface area contributed by atoms with E-state index in [0.717, 1.165) is 22.3 Å². The first kappa shape index (κ1) is 40.4. The highest BCUT2D eigenvalue weighted by Crippen LogP contribution is 2.60. The van der Waals surface area contributed by atoms with Crippen LogP contribution in [0.2, 0.25) is 0 Å². The van der Waals surface area contributed by atoms with Gasteiger partial charge in [0.05, 0.1) is 6.04 Å². The van der Waals surface area contributed by atoms with Crippen LogP contribution in [0.15, 0.2) is 48.5 Å². The van der Waals surface area contributed by atoms with Crippen LogP contribution in [0.4, 0.5) is 31.1 Å². The molecule has 6 rings (SSSR count). The maximum atomic E-state index is 13.6. The quantitative estimate of drug-likeness (QED) is 0.320. The molecule has 4 fully saturated rings. The summed E-state index contributed by atoms with van der Waals surface area (Å²) in [5.74, 6) is -1.64. The third-order valence-corrected chi connectivity index (χ3v) is 10.8. The van der Waals surface area contributed by atoms with Crippen LogP contribution >= 0.6 is 0 Å². The van der Waals surface area contributed by atoms with E-state index in [1.165, 1.54) is 14.7 Å². The van der Waals surface area contributed by atoms with Crippen molar-refractivity contribution in [1.29, 1.82) is 0 Å². The van der Waals surface area contributed by atoms with E-state index in [-0.39, 0.29) is 57.4 Å². The minimum absolute atomic E-state index is 0.000133. The molecule has 2 aromatic carbocycles. The Balaban J connectivity index is 0.000000211. The molecule has 8 nitrogen and oxygen atoms in total. The summed E-state index contributed by atoms with van der Waals surface area (Å²) in [5, 5.41) is 3.32. The number of rotatable bonds is 4. The fourth-order valence-electron chi connectivity index (χ4n) is 7.06. The number of aryl methyl sites for hydroxylation is 2. The van der Waals surface area contributed by atoms with Crippen molar-refractivity contribution >= 4 is 17.9 Å². The highest BCUT2D eigenvalue weighted by Gasteiger charge is 2.71. The fourth-order valence-corrected chi connectivity index (χ4v) is 7.06. The Bertz CT molecular complexity index is 1650. The molecule has 2 aromatic rings. The molecule has 0 aromatic heterocycles. The van der Waals surface area contributed by atoms with Gasteiger partial charge in [-0.25, -0.2) is 4.79 Å². The molecular formula is C39H50F6N4O4. The lowest BCUT2D eigenvalue weighted by atomic mass is 9.96. The second kappa shape index (κ2) is 14.4. The second-order valence-electron chi connectivity index (χ2n) is 16.2. The SMILES string of the molecule is Cc1ccc(C2CN(C(=O)C3(C(F)(F)F)CC3)[C@H](C)CN2)cc1.Cc1ccc([C@H]2CN(C(=O)C3(C(F)(F)F)CC3)[C@H](C)CN2C(=O)OC(C)(C)C)cc1. The molecule has 2 aliphatic carbocycles. The monoisotopic (exact) mass is 752 g/mol. The summed E-state index contributed by atoms with van der Waals surface area (Å²) in [5.41, 5.74) is -1.21.